The van der Waals surface area contributed by atoms with Crippen LogP contribution in [0.2, 0.25) is 0 Å². The second-order valence-electron chi connectivity index (χ2n) is 9.69. The number of amides is 1. The molecule has 2 aromatic carbocycles. The van der Waals surface area contributed by atoms with Gasteiger partial charge in [0.2, 0.25) is 0 Å². The van der Waals surface area contributed by atoms with E-state index in [0.717, 1.165) is 28.4 Å². The molecule has 1 amide bonds. The zero-order chi connectivity index (χ0) is 27.9. The van der Waals surface area contributed by atoms with Gasteiger partial charge in [-0.25, -0.2) is 14.4 Å². The van der Waals surface area contributed by atoms with E-state index in [1.165, 1.54) is 0 Å². The van der Waals surface area contributed by atoms with Gasteiger partial charge in [-0.1, -0.05) is 25.5 Å². The molecule has 38 heavy (non-hydrogen) atoms. The molecule has 2 N–H and O–H groups in total. The number of hydrogen-bond acceptors (Lipinski definition) is 7. The van der Waals surface area contributed by atoms with Gasteiger partial charge in [-0.15, -0.1) is 0 Å². The van der Waals surface area contributed by atoms with E-state index < -0.39 is 29.7 Å². The van der Waals surface area contributed by atoms with Crippen molar-refractivity contribution in [1.82, 2.24) is 10.3 Å². The van der Waals surface area contributed by atoms with Gasteiger partial charge in [0.1, 0.15) is 23.1 Å². The average molecular weight is 589 g/mol. The minimum atomic E-state index is -0.935. The molecule has 0 fully saturated rings. The Bertz CT molecular complexity index is 1280. The van der Waals surface area contributed by atoms with Crippen LogP contribution in [0.3, 0.4) is 0 Å². The van der Waals surface area contributed by atoms with E-state index in [4.69, 9.17) is 18.9 Å². The van der Waals surface area contributed by atoms with Crippen molar-refractivity contribution in [3.05, 3.63) is 58.2 Å². The van der Waals surface area contributed by atoms with E-state index in [2.05, 4.69) is 26.2 Å². The predicted molar refractivity (Wildman–Crippen MR) is 147 cm³/mol. The molecule has 1 atom stereocenters. The highest BCUT2D eigenvalue weighted by Gasteiger charge is 2.26. The normalized spacial score (nSPS) is 12.1. The molecule has 9 nitrogen and oxygen atoms in total. The molecule has 0 aliphatic heterocycles. The minimum absolute atomic E-state index is 0.176. The van der Waals surface area contributed by atoms with Crippen molar-refractivity contribution in [3.8, 4) is 11.5 Å². The Morgan fingerprint density at radius 1 is 1.11 bits per heavy atom. The van der Waals surface area contributed by atoms with Crippen LogP contribution in [-0.2, 0) is 20.7 Å². The minimum Gasteiger partial charge on any atom is -0.496 e. The topological polar surface area (TPSA) is 116 Å². The number of methoxy groups -OCH3 is 1. The highest BCUT2D eigenvalue weighted by atomic mass is 79.9. The van der Waals surface area contributed by atoms with Crippen LogP contribution in [0.5, 0.6) is 11.5 Å². The molecular weight excluding hydrogens is 556 g/mol. The van der Waals surface area contributed by atoms with Crippen molar-refractivity contribution in [3.63, 3.8) is 0 Å². The first-order valence-corrected chi connectivity index (χ1v) is 13.1. The fourth-order valence-electron chi connectivity index (χ4n) is 3.60. The number of esters is 2. The number of unbranched alkanes of at least 4 members (excludes halogenated alkanes) is 1. The Kier molecular flexibility index (Phi) is 9.79. The van der Waals surface area contributed by atoms with Crippen LogP contribution in [0.4, 0.5) is 4.79 Å². The first-order valence-electron chi connectivity index (χ1n) is 12.3. The predicted octanol–water partition coefficient (Wildman–Crippen LogP) is 5.94. The molecule has 3 rings (SSSR count). The third-order valence-electron chi connectivity index (χ3n) is 5.47. The van der Waals surface area contributed by atoms with Gasteiger partial charge in [0.15, 0.2) is 0 Å². The number of alkyl carbamates (subject to hydrolysis) is 1. The molecule has 0 spiro atoms. The Hall–Kier alpha value is -3.53. The van der Waals surface area contributed by atoms with Crippen molar-refractivity contribution in [1.29, 1.82) is 0 Å². The molecule has 3 aromatic rings. The maximum absolute atomic E-state index is 12.9. The number of hydrogen-bond donors (Lipinski definition) is 2. The highest BCUT2D eigenvalue weighted by Crippen LogP contribution is 2.32. The summed E-state index contributed by atoms with van der Waals surface area (Å²) in [6.07, 6.45) is 2.66. The monoisotopic (exact) mass is 588 g/mol. The van der Waals surface area contributed by atoms with Crippen LogP contribution in [0.15, 0.2) is 47.1 Å². The van der Waals surface area contributed by atoms with E-state index in [1.54, 1.807) is 64.4 Å². The summed E-state index contributed by atoms with van der Waals surface area (Å²) in [7, 11) is 1.55. The van der Waals surface area contributed by atoms with Gasteiger partial charge in [0.25, 0.3) is 0 Å². The number of halogens is 1. The van der Waals surface area contributed by atoms with E-state index in [1.807, 2.05) is 13.0 Å². The molecule has 0 saturated heterocycles. The summed E-state index contributed by atoms with van der Waals surface area (Å²) < 4.78 is 22.3. The molecule has 10 heteroatoms. The third kappa shape index (κ3) is 7.98. The summed E-state index contributed by atoms with van der Waals surface area (Å²) in [5.41, 5.74) is 1.15. The van der Waals surface area contributed by atoms with Gasteiger partial charge in [-0.2, -0.15) is 0 Å². The number of aromatic nitrogens is 1. The maximum atomic E-state index is 12.9. The molecule has 0 radical (unpaired) electrons. The number of fused-ring (bicyclic) bond motifs is 1. The van der Waals surface area contributed by atoms with E-state index in [-0.39, 0.29) is 13.0 Å². The quantitative estimate of drug-likeness (QED) is 0.171. The largest absolute Gasteiger partial charge is 0.496 e. The second kappa shape index (κ2) is 12.8. The lowest BCUT2D eigenvalue weighted by molar-refractivity contribution is -0.146. The lowest BCUT2D eigenvalue weighted by atomic mass is 10.1. The zero-order valence-corrected chi connectivity index (χ0v) is 23.8. The molecule has 1 heterocycles. The summed E-state index contributed by atoms with van der Waals surface area (Å²) in [4.78, 5) is 40.9. The fraction of sp³-hybridized carbons (Fsp3) is 0.393. The standard InChI is InChI=1S/C28H33BrN2O7/c1-6-7-12-36-26(33)23(31-27(34)38-28(2,3)4)13-17-8-10-18(11-9-17)37-25(32)20-16-30-22-15-21(29)24(35-5)14-19(20)22/h8-11,14-16,23,30H,6-7,12-13H2,1-5H3,(H,31,34)/t23-/m0/s1. The molecular formula is C28H33BrN2O7. The number of carbonyl (C=O) groups is 3. The van der Waals surface area contributed by atoms with Crippen molar-refractivity contribution < 1.29 is 33.3 Å². The highest BCUT2D eigenvalue weighted by molar-refractivity contribution is 9.10. The third-order valence-corrected chi connectivity index (χ3v) is 6.09. The second-order valence-corrected chi connectivity index (χ2v) is 10.5. The Balaban J connectivity index is 1.70. The number of H-pyrrole nitrogens is 1. The van der Waals surface area contributed by atoms with Crippen molar-refractivity contribution in [2.24, 2.45) is 0 Å². The summed E-state index contributed by atoms with van der Waals surface area (Å²) in [5.74, 6) is -0.142. The van der Waals surface area contributed by atoms with Crippen LogP contribution < -0.4 is 14.8 Å². The molecule has 1 aromatic heterocycles. The molecule has 204 valence electrons. The van der Waals surface area contributed by atoms with E-state index in [0.29, 0.717) is 22.4 Å². The van der Waals surface area contributed by atoms with Crippen LogP contribution in [0, 0.1) is 0 Å². The number of ether oxygens (including phenoxy) is 4. The number of rotatable bonds is 10. The van der Waals surface area contributed by atoms with Gasteiger partial charge in [0.05, 0.1) is 23.8 Å². The SMILES string of the molecule is CCCCOC(=O)[C@H](Cc1ccc(OC(=O)c2c[nH]c3cc(Br)c(OC)cc23)cc1)NC(=O)OC(C)(C)C. The Morgan fingerprint density at radius 2 is 1.82 bits per heavy atom. The van der Waals surface area contributed by atoms with Gasteiger partial charge >= 0.3 is 18.0 Å². The lowest BCUT2D eigenvalue weighted by Gasteiger charge is -2.23. The van der Waals surface area contributed by atoms with Gasteiger partial charge in [0, 0.05) is 23.5 Å². The van der Waals surface area contributed by atoms with Gasteiger partial charge in [-0.05, 0) is 73.0 Å². The number of nitrogens with one attached hydrogen (secondary N) is 2. The molecule has 0 aliphatic carbocycles. The number of benzene rings is 2. The number of aromatic amines is 1. The smallest absolute Gasteiger partial charge is 0.408 e. The first-order chi connectivity index (χ1) is 18.0. The van der Waals surface area contributed by atoms with Crippen molar-refractivity contribution in [2.45, 2.75) is 58.6 Å². The van der Waals surface area contributed by atoms with Crippen molar-refractivity contribution in [2.75, 3.05) is 13.7 Å². The Labute approximate surface area is 230 Å². The summed E-state index contributed by atoms with van der Waals surface area (Å²) >= 11 is 3.43. The molecule has 0 saturated carbocycles. The molecule has 0 aliphatic rings. The van der Waals surface area contributed by atoms with Crippen LogP contribution in [-0.4, -0.2) is 48.4 Å². The number of carbonyl (C=O) groups excluding carboxylic acids is 3. The molecule has 0 bridgehead atoms. The van der Waals surface area contributed by atoms with E-state index in [9.17, 15) is 14.4 Å². The van der Waals surface area contributed by atoms with Crippen LogP contribution >= 0.6 is 15.9 Å². The average Bonchev–Trinajstić information content (AvgIpc) is 3.25. The summed E-state index contributed by atoms with van der Waals surface area (Å²) in [6.45, 7) is 7.49. The summed E-state index contributed by atoms with van der Waals surface area (Å²) in [6, 6.07) is 9.36. The van der Waals surface area contributed by atoms with E-state index >= 15 is 0 Å². The fourth-order valence-corrected chi connectivity index (χ4v) is 4.11. The lowest BCUT2D eigenvalue weighted by Crippen LogP contribution is -2.45. The van der Waals surface area contributed by atoms with Crippen LogP contribution in [0.25, 0.3) is 10.9 Å². The Morgan fingerprint density at radius 3 is 2.45 bits per heavy atom. The van der Waals surface area contributed by atoms with Gasteiger partial charge in [-0.3, -0.25) is 0 Å². The van der Waals surface area contributed by atoms with Crippen molar-refractivity contribution >= 4 is 44.9 Å². The maximum Gasteiger partial charge on any atom is 0.408 e. The summed E-state index contributed by atoms with van der Waals surface area (Å²) in [5, 5.41) is 3.28. The zero-order valence-electron chi connectivity index (χ0n) is 22.2. The van der Waals surface area contributed by atoms with Gasteiger partial charge < -0.3 is 29.2 Å². The van der Waals surface area contributed by atoms with Crippen LogP contribution in [0.1, 0.15) is 56.5 Å². The first kappa shape index (κ1) is 29.0. The molecule has 0 unspecified atom stereocenters.